The first kappa shape index (κ1) is 15.3. The summed E-state index contributed by atoms with van der Waals surface area (Å²) in [5, 5.41) is 8.86. The average molecular weight is 301 g/mol. The number of nitrogens with zero attached hydrogens (tertiary/aromatic N) is 1. The molecule has 1 aromatic rings. The van der Waals surface area contributed by atoms with Crippen LogP contribution in [0.3, 0.4) is 0 Å². The number of carboxylic acids is 1. The first-order valence-electron chi connectivity index (χ1n) is 6.52. The maximum Gasteiger partial charge on any atom is 0.306 e. The predicted octanol–water partition coefficient (Wildman–Crippen LogP) is 1.97. The molecule has 0 aliphatic carbocycles. The molecule has 7 heteroatoms. The lowest BCUT2D eigenvalue weighted by Crippen LogP contribution is -2.41. The molecule has 0 unspecified atom stereocenters. The van der Waals surface area contributed by atoms with Crippen molar-refractivity contribution in [2.24, 2.45) is 5.92 Å². The molecule has 1 N–H and O–H groups in total. The molecule has 21 heavy (non-hydrogen) atoms. The summed E-state index contributed by atoms with van der Waals surface area (Å²) >= 11 is 0. The minimum absolute atomic E-state index is 0.209. The summed E-state index contributed by atoms with van der Waals surface area (Å²) in [4.78, 5) is 24.2. The number of halogens is 3. The van der Waals surface area contributed by atoms with Gasteiger partial charge in [0.25, 0.3) is 0 Å². The van der Waals surface area contributed by atoms with Crippen LogP contribution in [-0.2, 0) is 16.0 Å². The Kier molecular flexibility index (Phi) is 4.50. The maximum absolute atomic E-state index is 13.5. The highest BCUT2D eigenvalue weighted by Gasteiger charge is 2.27. The third-order valence-corrected chi connectivity index (χ3v) is 3.63. The Morgan fingerprint density at radius 1 is 1.10 bits per heavy atom. The second-order valence-electron chi connectivity index (χ2n) is 5.03. The van der Waals surface area contributed by atoms with Gasteiger partial charge in [-0.15, -0.1) is 0 Å². The summed E-state index contributed by atoms with van der Waals surface area (Å²) in [6.45, 7) is 0.530. The number of rotatable bonds is 3. The van der Waals surface area contributed by atoms with Crippen molar-refractivity contribution in [2.75, 3.05) is 13.1 Å². The van der Waals surface area contributed by atoms with Crippen molar-refractivity contribution in [2.45, 2.75) is 19.3 Å². The minimum atomic E-state index is -1.30. The molecule has 0 aromatic heterocycles. The predicted molar refractivity (Wildman–Crippen MR) is 67.0 cm³/mol. The van der Waals surface area contributed by atoms with Crippen LogP contribution in [0.5, 0.6) is 0 Å². The number of piperidine rings is 1. The Bertz CT molecular complexity index is 569. The Morgan fingerprint density at radius 3 is 2.24 bits per heavy atom. The second-order valence-corrected chi connectivity index (χ2v) is 5.03. The molecule has 4 nitrogen and oxygen atoms in total. The second kappa shape index (κ2) is 6.15. The fourth-order valence-corrected chi connectivity index (χ4v) is 2.35. The molecule has 1 heterocycles. The van der Waals surface area contributed by atoms with E-state index >= 15 is 0 Å². The van der Waals surface area contributed by atoms with Gasteiger partial charge in [-0.1, -0.05) is 0 Å². The summed E-state index contributed by atoms with van der Waals surface area (Å²) in [5.74, 6) is -5.27. The van der Waals surface area contributed by atoms with Crippen molar-refractivity contribution in [1.29, 1.82) is 0 Å². The molecule has 1 amide bonds. The number of hydrogen-bond donors (Lipinski definition) is 1. The van der Waals surface area contributed by atoms with Gasteiger partial charge in [-0.25, -0.2) is 13.2 Å². The van der Waals surface area contributed by atoms with Gasteiger partial charge in [0.05, 0.1) is 12.3 Å². The van der Waals surface area contributed by atoms with E-state index in [1.54, 1.807) is 0 Å². The molecule has 0 radical (unpaired) electrons. The van der Waals surface area contributed by atoms with Crippen LogP contribution in [0.1, 0.15) is 18.4 Å². The normalized spacial score (nSPS) is 16.0. The van der Waals surface area contributed by atoms with Gasteiger partial charge in [-0.3, -0.25) is 9.59 Å². The Balaban J connectivity index is 2.00. The zero-order valence-electron chi connectivity index (χ0n) is 11.1. The first-order chi connectivity index (χ1) is 9.88. The van der Waals surface area contributed by atoms with Gasteiger partial charge in [0.1, 0.15) is 5.82 Å². The van der Waals surface area contributed by atoms with Crippen LogP contribution in [0.2, 0.25) is 0 Å². The summed E-state index contributed by atoms with van der Waals surface area (Å²) in [7, 11) is 0. The fraction of sp³-hybridized carbons (Fsp3) is 0.429. The van der Waals surface area contributed by atoms with Gasteiger partial charge < -0.3 is 10.0 Å². The number of aliphatic carboxylic acids is 1. The van der Waals surface area contributed by atoms with E-state index in [0.29, 0.717) is 25.0 Å². The van der Waals surface area contributed by atoms with E-state index in [0.717, 1.165) is 0 Å². The van der Waals surface area contributed by atoms with E-state index in [-0.39, 0.29) is 25.1 Å². The lowest BCUT2D eigenvalue weighted by molar-refractivity contribution is -0.145. The molecule has 1 aromatic carbocycles. The molecule has 0 saturated carbocycles. The number of amides is 1. The maximum atomic E-state index is 13.5. The average Bonchev–Trinajstić information content (AvgIpc) is 2.44. The number of carbonyl (C=O) groups excluding carboxylic acids is 1. The molecular weight excluding hydrogens is 287 g/mol. The van der Waals surface area contributed by atoms with Crippen LogP contribution in [0.25, 0.3) is 0 Å². The smallest absolute Gasteiger partial charge is 0.306 e. The van der Waals surface area contributed by atoms with Gasteiger partial charge in [0.2, 0.25) is 5.91 Å². The van der Waals surface area contributed by atoms with Crippen molar-refractivity contribution in [3.05, 3.63) is 35.1 Å². The number of likely N-dealkylation sites (tertiary alicyclic amines) is 1. The van der Waals surface area contributed by atoms with E-state index in [1.807, 2.05) is 0 Å². The van der Waals surface area contributed by atoms with E-state index in [9.17, 15) is 22.8 Å². The summed E-state index contributed by atoms with van der Waals surface area (Å²) in [6.07, 6.45) is 0.295. The molecule has 0 atom stereocenters. The van der Waals surface area contributed by atoms with Crippen molar-refractivity contribution in [3.63, 3.8) is 0 Å². The van der Waals surface area contributed by atoms with Crippen molar-refractivity contribution in [1.82, 2.24) is 4.90 Å². The SMILES string of the molecule is O=C(O)C1CCN(C(=O)Cc2cc(F)c(F)cc2F)CC1. The van der Waals surface area contributed by atoms with Gasteiger partial charge in [-0.2, -0.15) is 0 Å². The van der Waals surface area contributed by atoms with E-state index < -0.39 is 35.2 Å². The van der Waals surface area contributed by atoms with Crippen molar-refractivity contribution >= 4 is 11.9 Å². The molecule has 0 bridgehead atoms. The van der Waals surface area contributed by atoms with Crippen LogP contribution >= 0.6 is 0 Å². The van der Waals surface area contributed by atoms with Crippen LogP contribution in [-0.4, -0.2) is 35.0 Å². The van der Waals surface area contributed by atoms with Gasteiger partial charge in [0.15, 0.2) is 11.6 Å². The van der Waals surface area contributed by atoms with E-state index in [2.05, 4.69) is 0 Å². The Labute approximate surface area is 119 Å². The van der Waals surface area contributed by atoms with Crippen molar-refractivity contribution in [3.8, 4) is 0 Å². The van der Waals surface area contributed by atoms with Crippen LogP contribution in [0, 0.1) is 23.4 Å². The topological polar surface area (TPSA) is 57.6 Å². The number of carboxylic acid groups (broad SMARTS) is 1. The molecule has 1 fully saturated rings. The molecule has 1 saturated heterocycles. The summed E-state index contributed by atoms with van der Waals surface area (Å²) in [6, 6.07) is 1.08. The standard InChI is InChI=1S/C14H14F3NO3/c15-10-7-12(17)11(16)5-9(10)6-13(19)18-3-1-8(2-4-18)14(20)21/h5,7-8H,1-4,6H2,(H,20,21). The summed E-state index contributed by atoms with van der Waals surface area (Å²) in [5.41, 5.74) is -0.209. The van der Waals surface area contributed by atoms with Crippen molar-refractivity contribution < 1.29 is 27.9 Å². The third kappa shape index (κ3) is 3.53. The molecule has 1 aliphatic heterocycles. The third-order valence-electron chi connectivity index (χ3n) is 3.63. The van der Waals surface area contributed by atoms with Crippen LogP contribution < -0.4 is 0 Å². The monoisotopic (exact) mass is 301 g/mol. The fourth-order valence-electron chi connectivity index (χ4n) is 2.35. The highest BCUT2D eigenvalue weighted by Crippen LogP contribution is 2.19. The Hall–Kier alpha value is -2.05. The lowest BCUT2D eigenvalue weighted by Gasteiger charge is -2.30. The number of carbonyl (C=O) groups is 2. The lowest BCUT2D eigenvalue weighted by atomic mass is 9.96. The van der Waals surface area contributed by atoms with Gasteiger partial charge in [0, 0.05) is 24.7 Å². The van der Waals surface area contributed by atoms with Crippen LogP contribution in [0.4, 0.5) is 13.2 Å². The zero-order chi connectivity index (χ0) is 15.6. The van der Waals surface area contributed by atoms with E-state index in [1.165, 1.54) is 4.90 Å². The first-order valence-corrected chi connectivity index (χ1v) is 6.52. The quantitative estimate of drug-likeness (QED) is 0.868. The molecule has 0 spiro atoms. The van der Waals surface area contributed by atoms with Gasteiger partial charge in [-0.05, 0) is 18.9 Å². The largest absolute Gasteiger partial charge is 0.481 e. The van der Waals surface area contributed by atoms with Crippen LogP contribution in [0.15, 0.2) is 12.1 Å². The highest BCUT2D eigenvalue weighted by molar-refractivity contribution is 5.79. The summed E-state index contributed by atoms with van der Waals surface area (Å²) < 4.78 is 39.3. The zero-order valence-corrected chi connectivity index (χ0v) is 11.1. The number of hydrogen-bond acceptors (Lipinski definition) is 2. The number of benzene rings is 1. The highest BCUT2D eigenvalue weighted by atomic mass is 19.2. The molecule has 2 rings (SSSR count). The van der Waals surface area contributed by atoms with E-state index in [4.69, 9.17) is 5.11 Å². The molecule has 1 aliphatic rings. The molecular formula is C14H14F3NO3. The Morgan fingerprint density at radius 2 is 1.67 bits per heavy atom. The minimum Gasteiger partial charge on any atom is -0.481 e. The molecule has 114 valence electrons. The van der Waals surface area contributed by atoms with Gasteiger partial charge >= 0.3 is 5.97 Å².